The fraction of sp³-hybridized carbons (Fsp3) is 0.0270. The van der Waals surface area contributed by atoms with Crippen molar-refractivity contribution in [2.75, 3.05) is 0 Å². The lowest BCUT2D eigenvalue weighted by atomic mass is 9.60. The van der Waals surface area contributed by atoms with Crippen molar-refractivity contribution in [2.24, 2.45) is 0 Å². The minimum absolute atomic E-state index is 0.122. The van der Waals surface area contributed by atoms with E-state index in [9.17, 15) is 0 Å². The Morgan fingerprint density at radius 1 is 0.212 bits per heavy atom. The van der Waals surface area contributed by atoms with Gasteiger partial charge in [-0.25, -0.2) is 19.9 Å². The second-order valence-electron chi connectivity index (χ2n) is 20.6. The molecule has 4 aromatic heterocycles. The first kappa shape index (κ1) is 46.7. The molecular formula is C74H48N6. The first-order valence-corrected chi connectivity index (χ1v) is 27.1. The third kappa shape index (κ3) is 8.38. The molecule has 0 N–H and O–H groups in total. The van der Waals surface area contributed by atoms with E-state index >= 15 is 0 Å². The topological polar surface area (TPSA) is 77.3 Å². The molecule has 13 aromatic rings. The van der Waals surface area contributed by atoms with Crippen LogP contribution in [0, 0.1) is 0 Å². The van der Waals surface area contributed by atoms with Crippen LogP contribution in [0.15, 0.2) is 280 Å². The number of benzene rings is 9. The molecule has 4 heterocycles. The zero-order valence-electron chi connectivity index (χ0n) is 43.4. The van der Waals surface area contributed by atoms with Crippen molar-refractivity contribution in [3.63, 3.8) is 0 Å². The van der Waals surface area contributed by atoms with Gasteiger partial charge in [0, 0.05) is 81.1 Å². The smallest absolute Gasteiger partial charge is 0.160 e. The Hall–Kier alpha value is -10.6. The predicted molar refractivity (Wildman–Crippen MR) is 322 cm³/mol. The van der Waals surface area contributed by atoms with Gasteiger partial charge in [-0.2, -0.15) is 0 Å². The summed E-state index contributed by atoms with van der Waals surface area (Å²) < 4.78 is 0. The highest BCUT2D eigenvalue weighted by atomic mass is 14.9. The lowest BCUT2D eigenvalue weighted by molar-refractivity contribution is 0.755. The third-order valence-electron chi connectivity index (χ3n) is 15.9. The predicted octanol–water partition coefficient (Wildman–Crippen LogP) is 17.7. The van der Waals surface area contributed by atoms with Crippen molar-refractivity contribution in [1.82, 2.24) is 29.9 Å². The number of nitrogens with zero attached hydrogens (tertiary/aromatic N) is 6. The van der Waals surface area contributed by atoms with Crippen LogP contribution in [0.5, 0.6) is 0 Å². The largest absolute Gasteiger partial charge is 0.264 e. The van der Waals surface area contributed by atoms with E-state index in [0.29, 0.717) is 11.6 Å². The summed E-state index contributed by atoms with van der Waals surface area (Å²) in [6, 6.07) is 90.7. The Bertz CT molecular complexity index is 4160. The van der Waals surface area contributed by atoms with Gasteiger partial charge in [-0.15, -0.1) is 0 Å². The summed E-state index contributed by atoms with van der Waals surface area (Å²) in [5.41, 5.74) is 26.7. The quantitative estimate of drug-likeness (QED) is 0.136. The fourth-order valence-corrected chi connectivity index (χ4v) is 12.1. The van der Waals surface area contributed by atoms with Crippen molar-refractivity contribution in [2.45, 2.75) is 11.8 Å². The van der Waals surface area contributed by atoms with E-state index < -0.39 is 0 Å². The molecule has 3 aliphatic carbocycles. The molecule has 374 valence electrons. The molecule has 0 saturated carbocycles. The molecule has 0 saturated heterocycles. The second kappa shape index (κ2) is 19.8. The Kier molecular flexibility index (Phi) is 11.6. The SMILES string of the molecule is c1ccc(-c2nc(-c3ccc(-c4ccc5c(c4)C4c6ccccc6C5c5cc(-c6ccc(-c7cc(-c8ccccc8-c8cccnc8)nc(-c8ccccc8)n7)cc6)ccc54)cc3)cc(-c3ccccc3-c3cccnc3)n2)cc1. The minimum atomic E-state index is 0.122. The molecule has 2 atom stereocenters. The fourth-order valence-electron chi connectivity index (χ4n) is 12.1. The highest BCUT2D eigenvalue weighted by Crippen LogP contribution is 2.57. The zero-order valence-corrected chi connectivity index (χ0v) is 43.4. The first-order chi connectivity index (χ1) is 39.6. The van der Waals surface area contributed by atoms with Gasteiger partial charge in [0.2, 0.25) is 0 Å². The average molecular weight is 1020 g/mol. The summed E-state index contributed by atoms with van der Waals surface area (Å²) in [6.45, 7) is 0. The van der Waals surface area contributed by atoms with Crippen LogP contribution in [-0.2, 0) is 0 Å². The van der Waals surface area contributed by atoms with Gasteiger partial charge in [-0.3, -0.25) is 9.97 Å². The molecule has 2 unspecified atom stereocenters. The highest BCUT2D eigenvalue weighted by Gasteiger charge is 2.41. The summed E-state index contributed by atoms with van der Waals surface area (Å²) >= 11 is 0. The maximum atomic E-state index is 5.18. The van der Waals surface area contributed by atoms with Gasteiger partial charge >= 0.3 is 0 Å². The van der Waals surface area contributed by atoms with E-state index in [-0.39, 0.29) is 11.8 Å². The van der Waals surface area contributed by atoms with Gasteiger partial charge in [-0.05, 0) is 103 Å². The molecule has 6 nitrogen and oxygen atoms in total. The normalized spacial score (nSPS) is 13.8. The van der Waals surface area contributed by atoms with Crippen LogP contribution < -0.4 is 0 Å². The van der Waals surface area contributed by atoms with Crippen molar-refractivity contribution in [3.8, 4) is 112 Å². The zero-order chi connectivity index (χ0) is 52.9. The van der Waals surface area contributed by atoms with Crippen LogP contribution in [0.4, 0.5) is 0 Å². The molecule has 16 rings (SSSR count). The van der Waals surface area contributed by atoms with Gasteiger partial charge in [0.1, 0.15) is 0 Å². The van der Waals surface area contributed by atoms with E-state index in [1.165, 1.54) is 44.5 Å². The molecule has 6 heteroatoms. The van der Waals surface area contributed by atoms with E-state index in [1.54, 1.807) is 12.4 Å². The van der Waals surface area contributed by atoms with Crippen molar-refractivity contribution in [3.05, 3.63) is 313 Å². The third-order valence-corrected chi connectivity index (χ3v) is 15.9. The molecule has 0 radical (unpaired) electrons. The van der Waals surface area contributed by atoms with Crippen LogP contribution >= 0.6 is 0 Å². The van der Waals surface area contributed by atoms with Crippen LogP contribution in [0.2, 0.25) is 0 Å². The Morgan fingerprint density at radius 3 is 0.963 bits per heavy atom. The van der Waals surface area contributed by atoms with Crippen LogP contribution in [0.1, 0.15) is 45.2 Å². The van der Waals surface area contributed by atoms with E-state index in [2.05, 4.69) is 216 Å². The van der Waals surface area contributed by atoms with Crippen molar-refractivity contribution < 1.29 is 0 Å². The van der Waals surface area contributed by atoms with Crippen molar-refractivity contribution in [1.29, 1.82) is 0 Å². The lowest BCUT2D eigenvalue weighted by Gasteiger charge is -2.42. The van der Waals surface area contributed by atoms with Crippen LogP contribution in [0.3, 0.4) is 0 Å². The molecule has 0 fully saturated rings. The Labute approximate surface area is 464 Å². The molecule has 0 amide bonds. The summed E-state index contributed by atoms with van der Waals surface area (Å²) in [5, 5.41) is 0. The van der Waals surface area contributed by atoms with Crippen LogP contribution in [0.25, 0.3) is 112 Å². The number of rotatable bonds is 10. The molecule has 9 aromatic carbocycles. The first-order valence-electron chi connectivity index (χ1n) is 27.1. The highest BCUT2D eigenvalue weighted by molar-refractivity contribution is 5.86. The van der Waals surface area contributed by atoms with Gasteiger partial charge in [0.25, 0.3) is 0 Å². The van der Waals surface area contributed by atoms with Crippen molar-refractivity contribution >= 4 is 0 Å². The molecule has 0 spiro atoms. The monoisotopic (exact) mass is 1020 g/mol. The maximum absolute atomic E-state index is 5.18. The summed E-state index contributed by atoms with van der Waals surface area (Å²) in [7, 11) is 0. The summed E-state index contributed by atoms with van der Waals surface area (Å²) in [5.74, 6) is 1.61. The van der Waals surface area contributed by atoms with E-state index in [1.807, 2.05) is 60.9 Å². The molecular weight excluding hydrogens is 973 g/mol. The molecule has 3 aliphatic rings. The Balaban J connectivity index is 0.749. The average Bonchev–Trinajstić information content (AvgIpc) is 3.56. The standard InChI is InChI=1S/C74H48N6/c1-3-15-51(16-4-1)73-77-67(43-69(79-73)59-23-9-7-21-57(59)55-19-13-39-75-45-55)49-31-27-47(28-32-49)53-35-37-63-65(41-53)71-61-25-11-12-26-62(61)72(63)66-42-54(36-38-64(66)71)48-29-33-50(34-30-48)68-44-70(80-74(78-68)52-17-5-2-6-18-52)60-24-10-8-22-58(60)56-20-14-40-76-46-56/h1-46,71-72H. The second-order valence-corrected chi connectivity index (χ2v) is 20.6. The van der Waals surface area contributed by atoms with Gasteiger partial charge < -0.3 is 0 Å². The molecule has 0 aliphatic heterocycles. The minimum Gasteiger partial charge on any atom is -0.264 e. The van der Waals surface area contributed by atoms with Gasteiger partial charge in [0.05, 0.1) is 22.8 Å². The lowest BCUT2D eigenvalue weighted by Crippen LogP contribution is -2.27. The van der Waals surface area contributed by atoms with Gasteiger partial charge in [0.15, 0.2) is 11.6 Å². The van der Waals surface area contributed by atoms with Gasteiger partial charge in [-0.1, -0.05) is 218 Å². The van der Waals surface area contributed by atoms with E-state index in [0.717, 1.165) is 89.5 Å². The maximum Gasteiger partial charge on any atom is 0.160 e. The van der Waals surface area contributed by atoms with Crippen LogP contribution in [-0.4, -0.2) is 29.9 Å². The van der Waals surface area contributed by atoms with E-state index in [4.69, 9.17) is 19.9 Å². The molecule has 2 bridgehead atoms. The Morgan fingerprint density at radius 2 is 0.550 bits per heavy atom. The molecule has 80 heavy (non-hydrogen) atoms. The summed E-state index contributed by atoms with van der Waals surface area (Å²) in [4.78, 5) is 29.5. The number of pyridine rings is 2. The summed E-state index contributed by atoms with van der Waals surface area (Å²) in [6.07, 6.45) is 7.42. The number of hydrogen-bond acceptors (Lipinski definition) is 6. The number of aromatic nitrogens is 6. The number of hydrogen-bond donors (Lipinski definition) is 0.